The highest BCUT2D eigenvalue weighted by Gasteiger charge is 2.32. The molecule has 0 aromatic carbocycles. The van der Waals surface area contributed by atoms with Gasteiger partial charge in [-0.1, -0.05) is 34.6 Å². The summed E-state index contributed by atoms with van der Waals surface area (Å²) in [6.45, 7) is 14.0. The third-order valence-corrected chi connectivity index (χ3v) is 4.03. The standard InChI is InChI=1S/C16H34N2/c1-7-10-17-14-9-8-13(2)11-15(14)18(6)12-16(3,4)5/h13-15,17H,7-12H2,1-6H3. The first-order valence-electron chi connectivity index (χ1n) is 7.77. The van der Waals surface area contributed by atoms with Crippen molar-refractivity contribution in [1.29, 1.82) is 0 Å². The summed E-state index contributed by atoms with van der Waals surface area (Å²) in [6.07, 6.45) is 5.33. The van der Waals surface area contributed by atoms with E-state index in [1.54, 1.807) is 0 Å². The van der Waals surface area contributed by atoms with Crippen molar-refractivity contribution < 1.29 is 0 Å². The number of hydrogen-bond acceptors (Lipinski definition) is 2. The fourth-order valence-electron chi connectivity index (χ4n) is 3.27. The number of likely N-dealkylation sites (N-methyl/N-ethyl adjacent to an activating group) is 1. The van der Waals surface area contributed by atoms with Crippen molar-refractivity contribution in [2.75, 3.05) is 20.1 Å². The number of nitrogens with one attached hydrogen (secondary N) is 1. The highest BCUT2D eigenvalue weighted by atomic mass is 15.2. The minimum absolute atomic E-state index is 0.394. The monoisotopic (exact) mass is 254 g/mol. The third-order valence-electron chi connectivity index (χ3n) is 4.03. The Kier molecular flexibility index (Phi) is 6.13. The topological polar surface area (TPSA) is 15.3 Å². The van der Waals surface area contributed by atoms with Crippen LogP contribution in [0.4, 0.5) is 0 Å². The molecule has 0 radical (unpaired) electrons. The van der Waals surface area contributed by atoms with Crippen molar-refractivity contribution >= 4 is 0 Å². The van der Waals surface area contributed by atoms with Crippen LogP contribution in [0, 0.1) is 11.3 Å². The quantitative estimate of drug-likeness (QED) is 0.807. The number of hydrogen-bond donors (Lipinski definition) is 1. The van der Waals surface area contributed by atoms with E-state index in [0.717, 1.165) is 12.0 Å². The lowest BCUT2D eigenvalue weighted by Gasteiger charge is -2.43. The molecule has 0 aliphatic heterocycles. The van der Waals surface area contributed by atoms with Crippen LogP contribution < -0.4 is 5.32 Å². The predicted molar refractivity (Wildman–Crippen MR) is 81.0 cm³/mol. The molecule has 1 aliphatic rings. The average molecular weight is 254 g/mol. The van der Waals surface area contributed by atoms with E-state index >= 15 is 0 Å². The largest absolute Gasteiger partial charge is 0.312 e. The van der Waals surface area contributed by atoms with Crippen LogP contribution in [0.15, 0.2) is 0 Å². The molecule has 3 unspecified atom stereocenters. The molecule has 0 bridgehead atoms. The summed E-state index contributed by atoms with van der Waals surface area (Å²) in [4.78, 5) is 2.60. The Labute approximate surface area is 115 Å². The maximum atomic E-state index is 3.77. The van der Waals surface area contributed by atoms with Gasteiger partial charge in [0.1, 0.15) is 0 Å². The van der Waals surface area contributed by atoms with Gasteiger partial charge in [-0.15, -0.1) is 0 Å². The van der Waals surface area contributed by atoms with E-state index in [9.17, 15) is 0 Å². The van der Waals surface area contributed by atoms with Gasteiger partial charge in [0.25, 0.3) is 0 Å². The smallest absolute Gasteiger partial charge is 0.0249 e. The summed E-state index contributed by atoms with van der Waals surface area (Å²) in [5.41, 5.74) is 0.394. The fraction of sp³-hybridized carbons (Fsp3) is 1.00. The number of rotatable bonds is 5. The Morgan fingerprint density at radius 1 is 1.22 bits per heavy atom. The zero-order chi connectivity index (χ0) is 13.8. The summed E-state index contributed by atoms with van der Waals surface area (Å²) >= 11 is 0. The van der Waals surface area contributed by atoms with Gasteiger partial charge < -0.3 is 10.2 Å². The van der Waals surface area contributed by atoms with Gasteiger partial charge in [-0.2, -0.15) is 0 Å². The molecular weight excluding hydrogens is 220 g/mol. The summed E-state index contributed by atoms with van der Waals surface area (Å²) in [5.74, 6) is 0.886. The second-order valence-electron chi connectivity index (χ2n) is 7.52. The Morgan fingerprint density at radius 3 is 2.44 bits per heavy atom. The fourth-order valence-corrected chi connectivity index (χ4v) is 3.27. The van der Waals surface area contributed by atoms with Crippen LogP contribution in [-0.4, -0.2) is 37.1 Å². The zero-order valence-electron chi connectivity index (χ0n) is 13.4. The average Bonchev–Trinajstić information content (AvgIpc) is 2.25. The summed E-state index contributed by atoms with van der Waals surface area (Å²) in [7, 11) is 2.31. The van der Waals surface area contributed by atoms with Gasteiger partial charge in [-0.05, 0) is 50.6 Å². The molecule has 0 saturated heterocycles. The van der Waals surface area contributed by atoms with Gasteiger partial charge in [0.05, 0.1) is 0 Å². The van der Waals surface area contributed by atoms with Gasteiger partial charge in [-0.25, -0.2) is 0 Å². The molecule has 1 saturated carbocycles. The van der Waals surface area contributed by atoms with Crippen molar-refractivity contribution in [1.82, 2.24) is 10.2 Å². The molecule has 1 fully saturated rings. The van der Waals surface area contributed by atoms with Crippen LogP contribution in [0.2, 0.25) is 0 Å². The number of nitrogens with zero attached hydrogens (tertiary/aromatic N) is 1. The second-order valence-corrected chi connectivity index (χ2v) is 7.52. The lowest BCUT2D eigenvalue weighted by Crippen LogP contribution is -2.53. The maximum absolute atomic E-state index is 3.77. The molecule has 1 rings (SSSR count). The van der Waals surface area contributed by atoms with Crippen LogP contribution in [0.3, 0.4) is 0 Å². The van der Waals surface area contributed by atoms with Crippen molar-refractivity contribution in [3.8, 4) is 0 Å². The van der Waals surface area contributed by atoms with Crippen LogP contribution in [0.1, 0.15) is 60.3 Å². The lowest BCUT2D eigenvalue weighted by atomic mass is 9.81. The molecule has 2 heteroatoms. The van der Waals surface area contributed by atoms with E-state index in [2.05, 4.69) is 51.9 Å². The first-order chi connectivity index (χ1) is 8.33. The normalized spacial score (nSPS) is 29.8. The first kappa shape index (κ1) is 16.0. The molecule has 0 aromatic heterocycles. The molecule has 108 valence electrons. The lowest BCUT2D eigenvalue weighted by molar-refractivity contribution is 0.0943. The van der Waals surface area contributed by atoms with Crippen LogP contribution in [0.5, 0.6) is 0 Å². The molecule has 0 aromatic rings. The van der Waals surface area contributed by atoms with Gasteiger partial charge in [0.2, 0.25) is 0 Å². The van der Waals surface area contributed by atoms with Gasteiger partial charge in [-0.3, -0.25) is 0 Å². The molecule has 0 amide bonds. The summed E-state index contributed by atoms with van der Waals surface area (Å²) in [5, 5.41) is 3.77. The van der Waals surface area contributed by atoms with Crippen LogP contribution in [0.25, 0.3) is 0 Å². The molecule has 1 aliphatic carbocycles. The highest BCUT2D eigenvalue weighted by molar-refractivity contribution is 4.90. The minimum atomic E-state index is 0.394. The van der Waals surface area contributed by atoms with Crippen molar-refractivity contribution in [2.24, 2.45) is 11.3 Å². The molecular formula is C16H34N2. The zero-order valence-corrected chi connectivity index (χ0v) is 13.4. The summed E-state index contributed by atoms with van der Waals surface area (Å²) in [6, 6.07) is 1.42. The van der Waals surface area contributed by atoms with Crippen molar-refractivity contribution in [3.05, 3.63) is 0 Å². The highest BCUT2D eigenvalue weighted by Crippen LogP contribution is 2.29. The predicted octanol–water partition coefficient (Wildman–Crippen LogP) is 3.52. The van der Waals surface area contributed by atoms with Crippen molar-refractivity contribution in [3.63, 3.8) is 0 Å². The van der Waals surface area contributed by atoms with Crippen LogP contribution >= 0.6 is 0 Å². The van der Waals surface area contributed by atoms with Crippen LogP contribution in [-0.2, 0) is 0 Å². The third kappa shape index (κ3) is 5.27. The molecule has 0 heterocycles. The van der Waals surface area contributed by atoms with Crippen molar-refractivity contribution in [2.45, 2.75) is 72.4 Å². The first-order valence-corrected chi connectivity index (χ1v) is 7.77. The maximum Gasteiger partial charge on any atom is 0.0249 e. The molecule has 18 heavy (non-hydrogen) atoms. The minimum Gasteiger partial charge on any atom is -0.312 e. The van der Waals surface area contributed by atoms with Gasteiger partial charge in [0, 0.05) is 18.6 Å². The van der Waals surface area contributed by atoms with E-state index < -0.39 is 0 Å². The van der Waals surface area contributed by atoms with E-state index in [1.165, 1.54) is 38.8 Å². The van der Waals surface area contributed by atoms with E-state index in [0.29, 0.717) is 11.5 Å². The van der Waals surface area contributed by atoms with E-state index in [4.69, 9.17) is 0 Å². The van der Waals surface area contributed by atoms with Gasteiger partial charge in [0.15, 0.2) is 0 Å². The Hall–Kier alpha value is -0.0800. The molecule has 2 nitrogen and oxygen atoms in total. The molecule has 0 spiro atoms. The second kappa shape index (κ2) is 6.91. The SMILES string of the molecule is CCCNC1CCC(C)CC1N(C)CC(C)(C)C. The Balaban J connectivity index is 2.59. The van der Waals surface area contributed by atoms with E-state index in [1.807, 2.05) is 0 Å². The Morgan fingerprint density at radius 2 is 1.89 bits per heavy atom. The van der Waals surface area contributed by atoms with Gasteiger partial charge >= 0.3 is 0 Å². The molecule has 3 atom stereocenters. The van der Waals surface area contributed by atoms with E-state index in [-0.39, 0.29) is 0 Å². The Bertz CT molecular complexity index is 230. The molecule has 1 N–H and O–H groups in total. The summed E-state index contributed by atoms with van der Waals surface area (Å²) < 4.78 is 0.